The molecule has 5 nitrogen and oxygen atoms in total. The van der Waals surface area contributed by atoms with Crippen LogP contribution in [-0.2, 0) is 14.8 Å². The molecule has 1 aliphatic rings. The van der Waals surface area contributed by atoms with Gasteiger partial charge in [0.05, 0.1) is 11.8 Å². The van der Waals surface area contributed by atoms with Gasteiger partial charge in [-0.25, -0.2) is 12.7 Å². The van der Waals surface area contributed by atoms with Crippen molar-refractivity contribution in [2.45, 2.75) is 45.6 Å². The highest BCUT2D eigenvalue weighted by Crippen LogP contribution is 2.27. The molecule has 0 spiro atoms. The summed E-state index contributed by atoms with van der Waals surface area (Å²) in [5.41, 5.74) is 0.993. The summed E-state index contributed by atoms with van der Waals surface area (Å²) in [6, 6.07) is 7.45. The van der Waals surface area contributed by atoms with Crippen LogP contribution in [0.2, 0.25) is 5.02 Å². The fraction of sp³-hybridized carbons (Fsp3) is 0.632. The van der Waals surface area contributed by atoms with Crippen molar-refractivity contribution in [2.75, 3.05) is 25.9 Å². The topological polar surface area (TPSA) is 57.7 Å². The van der Waals surface area contributed by atoms with Gasteiger partial charge in [0.15, 0.2) is 0 Å². The van der Waals surface area contributed by atoms with Crippen molar-refractivity contribution in [1.82, 2.24) is 9.21 Å². The highest BCUT2D eigenvalue weighted by Gasteiger charge is 2.33. The lowest BCUT2D eigenvalue weighted by molar-refractivity contribution is -0.137. The Morgan fingerprint density at radius 3 is 2.58 bits per heavy atom. The zero-order valence-corrected chi connectivity index (χ0v) is 17.4. The van der Waals surface area contributed by atoms with E-state index in [1.165, 1.54) is 0 Å². The van der Waals surface area contributed by atoms with Crippen LogP contribution in [0.25, 0.3) is 0 Å². The number of carbonyl (C=O) groups excluding carboxylic acids is 1. The number of benzene rings is 1. The second-order valence-corrected chi connectivity index (χ2v) is 9.55. The highest BCUT2D eigenvalue weighted by atomic mass is 35.5. The Kier molecular flexibility index (Phi) is 7.50. The molecule has 0 bridgehead atoms. The van der Waals surface area contributed by atoms with E-state index in [-0.39, 0.29) is 23.6 Å². The maximum absolute atomic E-state index is 12.9. The number of sulfonamides is 1. The zero-order valence-electron chi connectivity index (χ0n) is 15.8. The smallest absolute Gasteiger partial charge is 0.226 e. The van der Waals surface area contributed by atoms with Crippen LogP contribution in [0, 0.1) is 5.92 Å². The van der Waals surface area contributed by atoms with Crippen LogP contribution in [0.15, 0.2) is 24.3 Å². The van der Waals surface area contributed by atoms with Gasteiger partial charge in [0.1, 0.15) is 0 Å². The number of halogens is 1. The predicted molar refractivity (Wildman–Crippen MR) is 106 cm³/mol. The first-order valence-corrected chi connectivity index (χ1v) is 11.2. The average Bonchev–Trinajstić information content (AvgIpc) is 2.64. The third-order valence-electron chi connectivity index (χ3n) is 5.21. The first kappa shape index (κ1) is 21.2. The lowest BCUT2D eigenvalue weighted by atomic mass is 9.95. The summed E-state index contributed by atoms with van der Waals surface area (Å²) < 4.78 is 26.1. The van der Waals surface area contributed by atoms with Gasteiger partial charge in [-0.05, 0) is 43.9 Å². The number of unbranched alkanes of at least 4 members (excludes halogenated alkanes) is 1. The Labute approximate surface area is 162 Å². The van der Waals surface area contributed by atoms with Gasteiger partial charge in [0.25, 0.3) is 0 Å². The summed E-state index contributed by atoms with van der Waals surface area (Å²) in [4.78, 5) is 14.6. The Hall–Kier alpha value is -1.11. The van der Waals surface area contributed by atoms with Crippen molar-refractivity contribution in [1.29, 1.82) is 0 Å². The average molecular weight is 401 g/mol. The molecule has 0 radical (unpaired) electrons. The van der Waals surface area contributed by atoms with Crippen molar-refractivity contribution >= 4 is 27.5 Å². The molecule has 1 atom stereocenters. The molecule has 1 fully saturated rings. The summed E-state index contributed by atoms with van der Waals surface area (Å²) in [6.07, 6.45) is 2.70. The maximum Gasteiger partial charge on any atom is 0.226 e. The molecule has 1 saturated heterocycles. The van der Waals surface area contributed by atoms with Gasteiger partial charge in [-0.2, -0.15) is 0 Å². The van der Waals surface area contributed by atoms with E-state index in [0.29, 0.717) is 37.4 Å². The standard InChI is InChI=1S/C19H29ClN2O3S/c1-4-5-13-26(24,25)22-11-9-16(10-12-22)19(23)21(3)15(2)17-7-6-8-18(20)14-17/h6-8,14-16H,4-5,9-13H2,1-3H3. The number of hydrogen-bond donors (Lipinski definition) is 0. The van der Waals surface area contributed by atoms with Gasteiger partial charge < -0.3 is 4.90 Å². The summed E-state index contributed by atoms with van der Waals surface area (Å²) in [6.45, 7) is 4.83. The normalized spacial score (nSPS) is 17.8. The van der Waals surface area contributed by atoms with E-state index in [1.54, 1.807) is 16.3 Å². The van der Waals surface area contributed by atoms with Crippen molar-refractivity contribution in [3.8, 4) is 0 Å². The van der Waals surface area contributed by atoms with Crippen LogP contribution in [0.3, 0.4) is 0 Å². The Morgan fingerprint density at radius 1 is 1.35 bits per heavy atom. The van der Waals surface area contributed by atoms with Crippen LogP contribution in [0.1, 0.15) is 51.1 Å². The molecule has 1 aliphatic heterocycles. The van der Waals surface area contributed by atoms with E-state index in [1.807, 2.05) is 38.1 Å². The van der Waals surface area contributed by atoms with E-state index >= 15 is 0 Å². The molecule has 0 aliphatic carbocycles. The van der Waals surface area contributed by atoms with Crippen molar-refractivity contribution in [3.05, 3.63) is 34.9 Å². The SMILES string of the molecule is CCCCS(=O)(=O)N1CCC(C(=O)N(C)C(C)c2cccc(Cl)c2)CC1. The molecule has 1 unspecified atom stereocenters. The Morgan fingerprint density at radius 2 is 2.00 bits per heavy atom. The van der Waals surface area contributed by atoms with Crippen molar-refractivity contribution in [3.63, 3.8) is 0 Å². The minimum Gasteiger partial charge on any atom is -0.339 e. The fourth-order valence-electron chi connectivity index (χ4n) is 3.31. The van der Waals surface area contributed by atoms with Gasteiger partial charge in [-0.15, -0.1) is 0 Å². The maximum atomic E-state index is 12.9. The van der Waals surface area contributed by atoms with E-state index in [4.69, 9.17) is 11.6 Å². The van der Waals surface area contributed by atoms with Crippen molar-refractivity contribution < 1.29 is 13.2 Å². The number of piperidine rings is 1. The molecular weight excluding hydrogens is 372 g/mol. The van der Waals surface area contributed by atoms with Crippen molar-refractivity contribution in [2.24, 2.45) is 5.92 Å². The second-order valence-electron chi connectivity index (χ2n) is 7.02. The number of hydrogen-bond acceptors (Lipinski definition) is 3. The molecule has 1 aromatic rings. The van der Waals surface area contributed by atoms with Gasteiger partial charge in [0.2, 0.25) is 15.9 Å². The number of carbonyl (C=O) groups is 1. The lowest BCUT2D eigenvalue weighted by Gasteiger charge is -2.34. The molecule has 0 N–H and O–H groups in total. The first-order valence-electron chi connectivity index (χ1n) is 9.26. The predicted octanol–water partition coefficient (Wildman–Crippen LogP) is 3.70. The van der Waals surface area contributed by atoms with E-state index in [9.17, 15) is 13.2 Å². The van der Waals surface area contributed by atoms with Gasteiger partial charge in [0, 0.05) is 31.1 Å². The minimum absolute atomic E-state index is 0.0723. The number of rotatable bonds is 7. The minimum atomic E-state index is -3.19. The molecule has 26 heavy (non-hydrogen) atoms. The molecule has 1 aromatic carbocycles. The van der Waals surface area contributed by atoms with Gasteiger partial charge in [-0.1, -0.05) is 37.1 Å². The van der Waals surface area contributed by atoms with Crippen LogP contribution in [0.5, 0.6) is 0 Å². The highest BCUT2D eigenvalue weighted by molar-refractivity contribution is 7.89. The monoisotopic (exact) mass is 400 g/mol. The van der Waals surface area contributed by atoms with Crippen LogP contribution in [-0.4, -0.2) is 49.4 Å². The lowest BCUT2D eigenvalue weighted by Crippen LogP contribution is -2.44. The summed E-state index contributed by atoms with van der Waals surface area (Å²) in [7, 11) is -1.38. The quantitative estimate of drug-likeness (QED) is 0.701. The van der Waals surface area contributed by atoms with Crippen LogP contribution >= 0.6 is 11.6 Å². The Balaban J connectivity index is 1.95. The second kappa shape index (κ2) is 9.20. The largest absolute Gasteiger partial charge is 0.339 e. The Bertz CT molecular complexity index is 715. The third kappa shape index (κ3) is 5.21. The molecule has 0 aromatic heterocycles. The first-order chi connectivity index (χ1) is 12.3. The van der Waals surface area contributed by atoms with E-state index in [2.05, 4.69) is 0 Å². The molecule has 7 heteroatoms. The van der Waals surface area contributed by atoms with Gasteiger partial charge in [-0.3, -0.25) is 4.79 Å². The molecule has 146 valence electrons. The van der Waals surface area contributed by atoms with E-state index < -0.39 is 10.0 Å². The molecule has 1 amide bonds. The van der Waals surface area contributed by atoms with Crippen LogP contribution < -0.4 is 0 Å². The molecule has 1 heterocycles. The van der Waals surface area contributed by atoms with E-state index in [0.717, 1.165) is 12.0 Å². The molecular formula is C19H29ClN2O3S. The third-order valence-corrected chi connectivity index (χ3v) is 7.40. The summed E-state index contributed by atoms with van der Waals surface area (Å²) in [5.74, 6) is 0.149. The summed E-state index contributed by atoms with van der Waals surface area (Å²) in [5, 5.41) is 0.654. The van der Waals surface area contributed by atoms with Gasteiger partial charge >= 0.3 is 0 Å². The number of amides is 1. The molecule has 2 rings (SSSR count). The number of nitrogens with zero attached hydrogens (tertiary/aromatic N) is 2. The molecule has 0 saturated carbocycles. The fourth-order valence-corrected chi connectivity index (χ4v) is 5.18. The van der Waals surface area contributed by atoms with Crippen LogP contribution in [0.4, 0.5) is 0 Å². The zero-order chi connectivity index (χ0) is 19.3. The summed E-state index contributed by atoms with van der Waals surface area (Å²) >= 11 is 6.05.